The smallest absolute Gasteiger partial charge is 1.00 e. The first-order valence-corrected chi connectivity index (χ1v) is 7.26. The molecule has 21 heavy (non-hydrogen) atoms. The first kappa shape index (κ1) is 29.9. The van der Waals surface area contributed by atoms with Gasteiger partial charge in [-0.25, -0.2) is 0 Å². The zero-order chi connectivity index (χ0) is 12.3. The van der Waals surface area contributed by atoms with Crippen LogP contribution in [0.15, 0.2) is 0 Å². The summed E-state index contributed by atoms with van der Waals surface area (Å²) in [5, 5.41) is 13.9. The van der Waals surface area contributed by atoms with Crippen LogP contribution in [-0.4, -0.2) is 51.4 Å². The van der Waals surface area contributed by atoms with Crippen LogP contribution in [0.1, 0.15) is 38.8 Å². The molecule has 8 heteroatoms. The van der Waals surface area contributed by atoms with Gasteiger partial charge < -0.3 is 70.9 Å². The second-order valence-corrected chi connectivity index (χ2v) is 4.77. The highest BCUT2D eigenvalue weighted by atomic mass is 35.5. The van der Waals surface area contributed by atoms with Gasteiger partial charge in [-0.2, -0.15) is 0 Å². The molecule has 2 atom stereocenters. The molecule has 0 spiro atoms. The third-order valence-corrected chi connectivity index (χ3v) is 3.16. The van der Waals surface area contributed by atoms with Gasteiger partial charge in [0, 0.05) is 12.1 Å². The molecule has 4 nitrogen and oxygen atoms in total. The molecule has 0 aromatic rings. The fourth-order valence-electron chi connectivity index (χ4n) is 2.00. The monoisotopic (exact) mass is 386 g/mol. The van der Waals surface area contributed by atoms with Crippen molar-refractivity contribution in [2.75, 3.05) is 39.3 Å². The van der Waals surface area contributed by atoms with Crippen molar-refractivity contribution in [2.24, 2.45) is 0 Å². The second kappa shape index (κ2) is 21.0. The lowest BCUT2D eigenvalue weighted by Crippen LogP contribution is -3.00. The van der Waals surface area contributed by atoms with Gasteiger partial charge in [0.2, 0.25) is 0 Å². The molecule has 0 aromatic heterocycles. The van der Waals surface area contributed by atoms with Crippen molar-refractivity contribution < 1.29 is 55.3 Å². The predicted molar refractivity (Wildman–Crippen MR) is 79.0 cm³/mol. The largest absolute Gasteiger partial charge is 1.00 e. The predicted octanol–water partition coefficient (Wildman–Crippen LogP) is -11.2. The maximum Gasteiger partial charge on any atom is 1.00 e. The maximum absolute atomic E-state index is 3.60. The highest BCUT2D eigenvalue weighted by Gasteiger charge is 2.35. The number of hydrogen-bond acceptors (Lipinski definition) is 4. The molecule has 1 aliphatic carbocycles. The van der Waals surface area contributed by atoms with Crippen molar-refractivity contribution in [3.63, 3.8) is 0 Å². The van der Waals surface area contributed by atoms with Crippen LogP contribution in [0.3, 0.4) is 0 Å². The summed E-state index contributed by atoms with van der Waals surface area (Å²) in [6.45, 7) is 11.0. The molecule has 0 aromatic carbocycles. The molecule has 1 fully saturated rings. The Labute approximate surface area is 161 Å². The summed E-state index contributed by atoms with van der Waals surface area (Å²) in [6, 6.07) is 1.46. The van der Waals surface area contributed by atoms with Crippen LogP contribution in [0, 0.1) is 0 Å². The standard InChI is InChI=1S/C13H30N4.4ClH/c1-3-14-7-5-9-16-12-11-13(12)17-10-6-8-15-4-2;;;;/h12-17H,3-11H2,1-2H3;4*1H. The Morgan fingerprint density at radius 3 is 1.43 bits per heavy atom. The lowest BCUT2D eigenvalue weighted by atomic mass is 10.4. The highest BCUT2D eigenvalue weighted by molar-refractivity contribution is 4.99. The first-order valence-electron chi connectivity index (χ1n) is 7.26. The van der Waals surface area contributed by atoms with E-state index in [1.165, 1.54) is 19.3 Å². The Hall–Kier alpha value is 1.00. The van der Waals surface area contributed by atoms with Gasteiger partial charge in [-0.05, 0) is 58.5 Å². The van der Waals surface area contributed by atoms with Gasteiger partial charge in [0.25, 0.3) is 0 Å². The minimum atomic E-state index is 0. The van der Waals surface area contributed by atoms with Gasteiger partial charge in [-0.3, -0.25) is 0 Å². The molecule has 2 unspecified atom stereocenters. The van der Waals surface area contributed by atoms with E-state index in [0.717, 1.165) is 51.4 Å². The summed E-state index contributed by atoms with van der Waals surface area (Å²) in [5.41, 5.74) is 0. The molecule has 4 N–H and O–H groups in total. The SMILES string of the molecule is CCNCCCNC1CC1NCCCNCC.[Cl-].[Cl-].[Cl-].[Cl-].[H+].[H+].[H+].[H+]. The second-order valence-electron chi connectivity index (χ2n) is 4.77. The number of nitrogens with one attached hydrogen (secondary N) is 4. The van der Waals surface area contributed by atoms with Crippen molar-refractivity contribution in [1.82, 2.24) is 21.3 Å². The van der Waals surface area contributed by atoms with E-state index in [9.17, 15) is 0 Å². The van der Waals surface area contributed by atoms with Crippen LogP contribution >= 0.6 is 0 Å². The molecule has 0 amide bonds. The molecule has 0 bridgehead atoms. The molecule has 1 aliphatic rings. The summed E-state index contributed by atoms with van der Waals surface area (Å²) >= 11 is 0. The molecule has 1 rings (SSSR count). The fraction of sp³-hybridized carbons (Fsp3) is 1.00. The maximum atomic E-state index is 3.60. The van der Waals surface area contributed by atoms with E-state index in [1.807, 2.05) is 0 Å². The first-order chi connectivity index (χ1) is 8.38. The van der Waals surface area contributed by atoms with E-state index in [2.05, 4.69) is 35.1 Å². The van der Waals surface area contributed by atoms with Crippen LogP contribution in [0.5, 0.6) is 0 Å². The molecule has 0 aliphatic heterocycles. The minimum absolute atomic E-state index is 0. The number of halogens is 4. The third kappa shape index (κ3) is 17.2. The average molecular weight is 388 g/mol. The number of hydrogen-bond donors (Lipinski definition) is 4. The highest BCUT2D eigenvalue weighted by Crippen LogP contribution is 2.20. The summed E-state index contributed by atoms with van der Waals surface area (Å²) < 4.78 is 0. The van der Waals surface area contributed by atoms with Crippen molar-refractivity contribution in [2.45, 2.75) is 45.2 Å². The van der Waals surface area contributed by atoms with Gasteiger partial charge in [0.1, 0.15) is 0 Å². The molecule has 0 heterocycles. The van der Waals surface area contributed by atoms with Gasteiger partial charge in [0.05, 0.1) is 0 Å². The van der Waals surface area contributed by atoms with E-state index in [-0.39, 0.29) is 55.3 Å². The van der Waals surface area contributed by atoms with E-state index in [0.29, 0.717) is 0 Å². The number of rotatable bonds is 12. The summed E-state index contributed by atoms with van der Waals surface area (Å²) in [6.07, 6.45) is 3.78. The van der Waals surface area contributed by atoms with Crippen molar-refractivity contribution in [3.05, 3.63) is 0 Å². The van der Waals surface area contributed by atoms with Crippen LogP contribution in [0.25, 0.3) is 0 Å². The van der Waals surface area contributed by atoms with Crippen molar-refractivity contribution in [3.8, 4) is 0 Å². The van der Waals surface area contributed by atoms with Gasteiger partial charge in [-0.15, -0.1) is 0 Å². The van der Waals surface area contributed by atoms with Crippen molar-refractivity contribution >= 4 is 0 Å². The van der Waals surface area contributed by atoms with Gasteiger partial charge >= 0.3 is 5.71 Å². The topological polar surface area (TPSA) is 48.1 Å². The van der Waals surface area contributed by atoms with Gasteiger partial charge in [-0.1, -0.05) is 13.8 Å². The summed E-state index contributed by atoms with van der Waals surface area (Å²) in [5.74, 6) is 0. The molecular formula is C13H34Cl4N4. The Kier molecular flexibility index (Phi) is 29.9. The van der Waals surface area contributed by atoms with E-state index in [1.54, 1.807) is 0 Å². The Morgan fingerprint density at radius 1 is 0.714 bits per heavy atom. The average Bonchev–Trinajstić information content (AvgIpc) is 3.07. The van der Waals surface area contributed by atoms with Crippen molar-refractivity contribution in [1.29, 1.82) is 0 Å². The molecular weight excluding hydrogens is 354 g/mol. The molecule has 1 saturated carbocycles. The van der Waals surface area contributed by atoms with Crippen LogP contribution in [0.2, 0.25) is 0 Å². The van der Waals surface area contributed by atoms with Crippen LogP contribution < -0.4 is 70.9 Å². The lowest BCUT2D eigenvalue weighted by molar-refractivity contribution is -0.00100. The van der Waals surface area contributed by atoms with E-state index in [4.69, 9.17) is 0 Å². The summed E-state index contributed by atoms with van der Waals surface area (Å²) in [7, 11) is 0. The Balaban J connectivity index is -0.0000000602. The zero-order valence-electron chi connectivity index (χ0n) is 17.0. The fourth-order valence-corrected chi connectivity index (χ4v) is 2.00. The third-order valence-electron chi connectivity index (χ3n) is 3.16. The van der Waals surface area contributed by atoms with E-state index >= 15 is 0 Å². The zero-order valence-corrected chi connectivity index (χ0v) is 16.1. The van der Waals surface area contributed by atoms with Crippen LogP contribution in [0.4, 0.5) is 0 Å². The Morgan fingerprint density at radius 2 is 1.10 bits per heavy atom. The van der Waals surface area contributed by atoms with Crippen LogP contribution in [-0.2, 0) is 0 Å². The molecule has 0 saturated heterocycles. The molecule has 134 valence electrons. The Bertz CT molecular complexity index is 187. The summed E-state index contributed by atoms with van der Waals surface area (Å²) in [4.78, 5) is 0. The minimum Gasteiger partial charge on any atom is -1.00 e. The molecule has 0 radical (unpaired) electrons. The van der Waals surface area contributed by atoms with Gasteiger partial charge in [0.15, 0.2) is 0 Å². The lowest BCUT2D eigenvalue weighted by Gasteiger charge is -2.06. The quantitative estimate of drug-likeness (QED) is 0.251. The van der Waals surface area contributed by atoms with E-state index < -0.39 is 0 Å². The normalized spacial score (nSPS) is 18.6.